The van der Waals surface area contributed by atoms with Crippen LogP contribution in [0.1, 0.15) is 76.4 Å². The van der Waals surface area contributed by atoms with Crippen LogP contribution in [0.5, 0.6) is 0 Å². The van der Waals surface area contributed by atoms with E-state index in [9.17, 15) is 9.59 Å². The Kier molecular flexibility index (Phi) is 23.4. The fourth-order valence-corrected chi connectivity index (χ4v) is 16.5. The van der Waals surface area contributed by atoms with Crippen LogP contribution in [-0.4, -0.2) is 12.6 Å². The van der Waals surface area contributed by atoms with Crippen LogP contribution >= 0.6 is 47.1 Å². The number of anilines is 6. The van der Waals surface area contributed by atoms with Gasteiger partial charge in [0.15, 0.2) is 0 Å². The maximum absolute atomic E-state index is 11.8. The molecule has 18 rings (SSSR count). The summed E-state index contributed by atoms with van der Waals surface area (Å²) < 4.78 is 0. The van der Waals surface area contributed by atoms with Crippen molar-refractivity contribution in [3.8, 4) is 66.8 Å². The number of rotatable bonds is 18. The topological polar surface area (TPSA) is 40.6 Å². The van der Waals surface area contributed by atoms with Crippen LogP contribution in [0.2, 0.25) is 0 Å². The fourth-order valence-electron chi connectivity index (χ4n) is 16.5. The largest absolute Gasteiger partial charge is 0.310 e. The van der Waals surface area contributed by atoms with Crippen molar-refractivity contribution >= 4 is 106 Å². The molecule has 0 radical (unpaired) electrons. The molecule has 0 saturated heterocycles. The van der Waals surface area contributed by atoms with Gasteiger partial charge in [0.05, 0.1) is 22.2 Å². The summed E-state index contributed by atoms with van der Waals surface area (Å²) in [4.78, 5) is 28.4. The molecule has 2 aliphatic rings. The summed E-state index contributed by atoms with van der Waals surface area (Å²) in [5, 5.41) is 0. The van der Waals surface area contributed by atoms with E-state index in [1.807, 2.05) is 48.6 Å². The van der Waals surface area contributed by atoms with Gasteiger partial charge in [-0.05, 0) is 172 Å². The Labute approximate surface area is 689 Å². The first-order valence-electron chi connectivity index (χ1n) is 36.9. The second-order valence-electron chi connectivity index (χ2n) is 27.5. The van der Waals surface area contributed by atoms with Gasteiger partial charge in [-0.2, -0.15) is 9.90 Å². The molecule has 16 aromatic rings. The van der Waals surface area contributed by atoms with E-state index in [2.05, 4.69) is 424 Å². The smallest absolute Gasteiger partial charge is 0.150 e. The Morgan fingerprint density at radius 2 is 0.473 bits per heavy atom. The van der Waals surface area contributed by atoms with Crippen molar-refractivity contribution < 1.29 is 22.8 Å². The molecule has 8 heteroatoms. The van der Waals surface area contributed by atoms with E-state index in [1.54, 1.807) is 0 Å². The van der Waals surface area contributed by atoms with Gasteiger partial charge in [0.2, 0.25) is 0 Å². The minimum Gasteiger partial charge on any atom is -0.310 e. The Balaban J connectivity index is 0.000000170. The Hall–Kier alpha value is -11.4. The van der Waals surface area contributed by atoms with Crippen LogP contribution in [-0.2, 0) is 10.8 Å². The molecule has 1 atom stereocenters. The summed E-state index contributed by atoms with van der Waals surface area (Å²) in [6, 6.07) is 142. The summed E-state index contributed by atoms with van der Waals surface area (Å²) in [5.74, 6) is 0. The second-order valence-corrected chi connectivity index (χ2v) is 43.7. The molecule has 0 saturated carbocycles. The number of halogens is 3. The van der Waals surface area contributed by atoms with Gasteiger partial charge < -0.3 is 9.80 Å². The summed E-state index contributed by atoms with van der Waals surface area (Å²) in [7, 11) is 0. The molecule has 0 aromatic heterocycles. The fraction of sp³-hybridized carbons (Fsp3) is 0.0192. The van der Waals surface area contributed by atoms with E-state index in [4.69, 9.17) is 0 Å². The average Bonchev–Trinajstić information content (AvgIpc) is 1.53. The maximum Gasteiger partial charge on any atom is 0.150 e. The van der Waals surface area contributed by atoms with Crippen molar-refractivity contribution in [3.05, 3.63) is 480 Å². The van der Waals surface area contributed by atoms with Gasteiger partial charge in [0.1, 0.15) is 12.6 Å². The molecule has 0 fully saturated rings. The van der Waals surface area contributed by atoms with Gasteiger partial charge in [-0.3, -0.25) is 9.59 Å². The SMILES string of the molecule is C=Cc1ccc(C2(c3ccc(C=C)cc3)c3ccccc3-c3c(N(c4ccc(-c5ccccc5)cc4)c4ccc(-c5ccccc5)cc4)cccc32)cc1.I[I-]I.O=Cc1ccc(C2(c3ccc(C=O)cc3)c3ccccc3-c3c(N(c4ccc(-c5ccccc5)cc4)c4ccc(-c5ccccc5)cc4)cccc32)cc1.P. The summed E-state index contributed by atoms with van der Waals surface area (Å²) in [5.41, 5.74) is 32.1. The number of fused-ring (bicyclic) bond motifs is 6. The maximum atomic E-state index is 11.8. The van der Waals surface area contributed by atoms with Gasteiger partial charge in [-0.15, -0.1) is 0 Å². The molecule has 0 bridgehead atoms. The van der Waals surface area contributed by atoms with E-state index < -0.39 is 10.8 Å². The van der Waals surface area contributed by atoms with Crippen molar-refractivity contribution in [3.63, 3.8) is 0 Å². The summed E-state index contributed by atoms with van der Waals surface area (Å²) >= 11 is 5.30. The molecule has 0 N–H and O–H groups in total. The van der Waals surface area contributed by atoms with Gasteiger partial charge in [-0.1, -0.05) is 365 Å². The summed E-state index contributed by atoms with van der Waals surface area (Å²) in [6.07, 6.45) is 5.59. The van der Waals surface area contributed by atoms with E-state index in [-0.39, 0.29) is 9.90 Å². The Morgan fingerprint density at radius 1 is 0.250 bits per heavy atom. The van der Waals surface area contributed by atoms with Gasteiger partial charge in [0, 0.05) is 45.0 Å². The summed E-state index contributed by atoms with van der Waals surface area (Å²) in [6.45, 7) is 8.09. The first kappa shape index (κ1) is 76.0. The van der Waals surface area contributed by atoms with E-state index >= 15 is 0 Å². The molecular formula is C104H77I3N2O2P-. The van der Waals surface area contributed by atoms with Crippen molar-refractivity contribution in [2.24, 2.45) is 0 Å². The van der Waals surface area contributed by atoms with Crippen molar-refractivity contribution in [2.75, 3.05) is 9.80 Å². The number of benzene rings is 16. The van der Waals surface area contributed by atoms with Crippen LogP contribution in [0, 0.1) is 0 Å². The Bertz CT molecular complexity index is 5330. The monoisotopic (exact) mass is 1800 g/mol. The normalized spacial score (nSPS) is 12.1. The average molecular weight is 1800 g/mol. The number of hydrogen-bond donors (Lipinski definition) is 0. The molecule has 0 aliphatic heterocycles. The van der Waals surface area contributed by atoms with E-state index in [0.717, 1.165) is 102 Å². The third-order valence-electron chi connectivity index (χ3n) is 21.6. The first-order chi connectivity index (χ1) is 54.8. The zero-order valence-corrected chi connectivity index (χ0v) is 69.3. The molecular weight excluding hydrogens is 1720 g/mol. The zero-order chi connectivity index (χ0) is 75.7. The van der Waals surface area contributed by atoms with Crippen molar-refractivity contribution in [1.82, 2.24) is 0 Å². The third kappa shape index (κ3) is 14.5. The number of hydrogen-bond acceptors (Lipinski definition) is 4. The van der Waals surface area contributed by atoms with Gasteiger partial charge in [0.25, 0.3) is 0 Å². The molecule has 542 valence electrons. The minimum absolute atomic E-state index is 0. The standard InChI is InChI=1S/C53H39N.C51H35NO2.I3.H3P/c1-3-38-22-30-44(31-23-38)53(45-32-24-39(4-2)25-33-45)49-19-12-11-18-48(49)52-50(53)20-13-21-51(52)54(46-34-26-42(27-35-46)40-14-7-5-8-15-40)47-36-28-43(29-37-47)41-16-9-6-10-17-41;53-34-36-18-26-42(27-19-36)51(43-28-20-37(35-54)21-29-43)47-15-8-7-14-46(47)50-48(51)16-9-17-49(50)52(44-30-22-40(23-31-44)38-10-3-1-4-11-38)45-32-24-41(25-33-45)39-12-5-2-6-13-39;1-3-2;/h3-37H,1-2H2;1-35H;;1H3/q;;-1;. The van der Waals surface area contributed by atoms with Crippen LogP contribution < -0.4 is 23.1 Å². The predicted molar refractivity (Wildman–Crippen MR) is 489 cm³/mol. The number of aldehydes is 2. The van der Waals surface area contributed by atoms with Crippen molar-refractivity contribution in [1.29, 1.82) is 0 Å². The van der Waals surface area contributed by atoms with Gasteiger partial charge in [-0.25, -0.2) is 0 Å². The molecule has 112 heavy (non-hydrogen) atoms. The molecule has 4 nitrogen and oxygen atoms in total. The predicted octanol–water partition coefficient (Wildman–Crippen LogP) is 25.5. The van der Waals surface area contributed by atoms with E-state index in [0.29, 0.717) is 24.4 Å². The molecule has 0 amide bonds. The molecule has 1 unspecified atom stereocenters. The van der Waals surface area contributed by atoms with Crippen LogP contribution in [0.15, 0.2) is 414 Å². The number of carbonyl (C=O) groups excluding carboxylic acids is 2. The quantitative estimate of drug-likeness (QED) is 0.0488. The minimum atomic E-state index is -0.717. The van der Waals surface area contributed by atoms with Crippen LogP contribution in [0.25, 0.3) is 78.9 Å². The Morgan fingerprint density at radius 3 is 0.723 bits per heavy atom. The zero-order valence-electron chi connectivity index (χ0n) is 61.4. The number of nitrogens with zero attached hydrogens (tertiary/aromatic N) is 2. The number of carbonyl (C=O) groups is 2. The third-order valence-corrected chi connectivity index (χ3v) is 21.6. The van der Waals surface area contributed by atoms with Crippen LogP contribution in [0.3, 0.4) is 0 Å². The van der Waals surface area contributed by atoms with Gasteiger partial charge >= 0.3 is 50.5 Å². The molecule has 2 aliphatic carbocycles. The molecule has 0 heterocycles. The van der Waals surface area contributed by atoms with E-state index in [1.165, 1.54) is 66.8 Å². The van der Waals surface area contributed by atoms with Crippen LogP contribution in [0.4, 0.5) is 34.1 Å². The first-order valence-corrected chi connectivity index (χ1v) is 49.5. The second kappa shape index (κ2) is 34.4. The molecule has 16 aromatic carbocycles. The van der Waals surface area contributed by atoms with Crippen molar-refractivity contribution in [2.45, 2.75) is 10.8 Å². The molecule has 0 spiro atoms.